The van der Waals surface area contributed by atoms with Gasteiger partial charge in [0.15, 0.2) is 11.5 Å². The molecule has 5 rings (SSSR count). The van der Waals surface area contributed by atoms with E-state index in [0.717, 1.165) is 68.3 Å². The van der Waals surface area contributed by atoms with Gasteiger partial charge in [-0.3, -0.25) is 4.90 Å². The Morgan fingerprint density at radius 1 is 1.00 bits per heavy atom. The van der Waals surface area contributed by atoms with E-state index in [1.807, 2.05) is 18.2 Å². The molecule has 2 aromatic carbocycles. The highest BCUT2D eigenvalue weighted by atomic mass is 16.6. The van der Waals surface area contributed by atoms with Crippen LogP contribution in [-0.4, -0.2) is 62.9 Å². The molecule has 0 radical (unpaired) electrons. The molecule has 1 fully saturated rings. The van der Waals surface area contributed by atoms with Crippen LogP contribution in [0.2, 0.25) is 0 Å². The van der Waals surface area contributed by atoms with Crippen LogP contribution >= 0.6 is 0 Å². The monoisotopic (exact) mass is 407 g/mol. The van der Waals surface area contributed by atoms with Gasteiger partial charge in [0, 0.05) is 55.0 Å². The van der Waals surface area contributed by atoms with Crippen molar-refractivity contribution in [1.82, 2.24) is 9.88 Å². The lowest BCUT2D eigenvalue weighted by molar-refractivity contribution is 0.171. The number of H-pyrrole nitrogens is 1. The molecule has 0 amide bonds. The van der Waals surface area contributed by atoms with Crippen molar-refractivity contribution in [3.05, 3.63) is 48.2 Å². The number of methoxy groups -OCH3 is 1. The second kappa shape index (κ2) is 8.48. The molecule has 158 valence electrons. The molecule has 6 nitrogen and oxygen atoms in total. The van der Waals surface area contributed by atoms with Gasteiger partial charge in [-0.05, 0) is 49.2 Å². The van der Waals surface area contributed by atoms with Crippen LogP contribution in [0, 0.1) is 0 Å². The van der Waals surface area contributed by atoms with Crippen molar-refractivity contribution in [1.29, 1.82) is 0 Å². The van der Waals surface area contributed by atoms with E-state index in [1.54, 1.807) is 7.11 Å². The number of piperazine rings is 1. The molecule has 1 N–H and O–H groups in total. The summed E-state index contributed by atoms with van der Waals surface area (Å²) in [6.07, 6.45) is 4.34. The van der Waals surface area contributed by atoms with Crippen LogP contribution in [0.1, 0.15) is 12.0 Å². The average molecular weight is 408 g/mol. The van der Waals surface area contributed by atoms with Crippen LogP contribution in [0.25, 0.3) is 10.9 Å². The Labute approximate surface area is 177 Å². The Bertz CT molecular complexity index is 1010. The topological polar surface area (TPSA) is 50.0 Å². The van der Waals surface area contributed by atoms with Gasteiger partial charge < -0.3 is 24.1 Å². The minimum Gasteiger partial charge on any atom is -0.496 e. The van der Waals surface area contributed by atoms with E-state index in [1.165, 1.54) is 16.6 Å². The molecule has 30 heavy (non-hydrogen) atoms. The SMILES string of the molecule is COc1cccc2[nH]cc(CCCN3CCN(c4ccc5c(c4)OCCO5)CC3)c12. The van der Waals surface area contributed by atoms with Crippen molar-refractivity contribution in [3.8, 4) is 17.2 Å². The Morgan fingerprint density at radius 3 is 2.67 bits per heavy atom. The maximum atomic E-state index is 5.74. The van der Waals surface area contributed by atoms with E-state index >= 15 is 0 Å². The van der Waals surface area contributed by atoms with Gasteiger partial charge >= 0.3 is 0 Å². The number of hydrogen-bond acceptors (Lipinski definition) is 5. The third kappa shape index (κ3) is 3.79. The summed E-state index contributed by atoms with van der Waals surface area (Å²) >= 11 is 0. The number of nitrogens with zero attached hydrogens (tertiary/aromatic N) is 2. The standard InChI is InChI=1S/C24H29N3O3/c1-28-22-6-2-5-20-24(22)18(17-25-20)4-3-9-26-10-12-27(13-11-26)19-7-8-21-23(16-19)30-15-14-29-21/h2,5-8,16-17,25H,3-4,9-15H2,1H3. The maximum absolute atomic E-state index is 5.74. The molecule has 0 saturated carbocycles. The minimum absolute atomic E-state index is 0.631. The summed E-state index contributed by atoms with van der Waals surface area (Å²) in [6.45, 7) is 6.65. The quantitative estimate of drug-likeness (QED) is 0.675. The zero-order valence-electron chi connectivity index (χ0n) is 17.5. The maximum Gasteiger partial charge on any atom is 0.163 e. The van der Waals surface area contributed by atoms with Crippen molar-refractivity contribution >= 4 is 16.6 Å². The molecule has 0 atom stereocenters. The summed E-state index contributed by atoms with van der Waals surface area (Å²) in [5.41, 5.74) is 3.72. The van der Waals surface area contributed by atoms with Crippen LogP contribution in [0.4, 0.5) is 5.69 Å². The summed E-state index contributed by atoms with van der Waals surface area (Å²) in [4.78, 5) is 8.39. The first-order valence-corrected chi connectivity index (χ1v) is 10.8. The number of aryl methyl sites for hydroxylation is 1. The Kier molecular flexibility index (Phi) is 5.41. The van der Waals surface area contributed by atoms with Gasteiger partial charge in [-0.15, -0.1) is 0 Å². The Hall–Kier alpha value is -2.86. The molecule has 1 saturated heterocycles. The Balaban J connectivity index is 1.14. The van der Waals surface area contributed by atoms with E-state index in [2.05, 4.69) is 39.2 Å². The lowest BCUT2D eigenvalue weighted by Gasteiger charge is -2.36. The van der Waals surface area contributed by atoms with Gasteiger partial charge in [0.05, 0.1) is 7.11 Å². The summed E-state index contributed by atoms with van der Waals surface area (Å²) in [6, 6.07) is 12.5. The van der Waals surface area contributed by atoms with Gasteiger partial charge in [0.2, 0.25) is 0 Å². The number of benzene rings is 2. The van der Waals surface area contributed by atoms with E-state index in [9.17, 15) is 0 Å². The van der Waals surface area contributed by atoms with Crippen molar-refractivity contribution < 1.29 is 14.2 Å². The number of nitrogens with one attached hydrogen (secondary N) is 1. The molecular weight excluding hydrogens is 378 g/mol. The van der Waals surface area contributed by atoms with Gasteiger partial charge in [0.25, 0.3) is 0 Å². The fraction of sp³-hybridized carbons (Fsp3) is 0.417. The average Bonchev–Trinajstić information content (AvgIpc) is 3.22. The lowest BCUT2D eigenvalue weighted by Crippen LogP contribution is -2.46. The van der Waals surface area contributed by atoms with E-state index in [-0.39, 0.29) is 0 Å². The fourth-order valence-electron chi connectivity index (χ4n) is 4.54. The minimum atomic E-state index is 0.631. The molecular formula is C24H29N3O3. The molecule has 0 spiro atoms. The van der Waals surface area contributed by atoms with Crippen molar-refractivity contribution in [2.75, 3.05) is 57.9 Å². The van der Waals surface area contributed by atoms with Gasteiger partial charge in [-0.25, -0.2) is 0 Å². The molecule has 0 bridgehead atoms. The van der Waals surface area contributed by atoms with Gasteiger partial charge in [0.1, 0.15) is 19.0 Å². The second-order valence-electron chi connectivity index (χ2n) is 7.96. The highest BCUT2D eigenvalue weighted by molar-refractivity contribution is 5.89. The number of aromatic nitrogens is 1. The number of aromatic amines is 1. The molecule has 0 unspecified atom stereocenters. The third-order valence-electron chi connectivity index (χ3n) is 6.15. The summed E-state index contributed by atoms with van der Waals surface area (Å²) in [5, 5.41) is 1.23. The van der Waals surface area contributed by atoms with Gasteiger partial charge in [-0.1, -0.05) is 6.07 Å². The predicted octanol–water partition coefficient (Wildman–Crippen LogP) is 3.70. The normalized spacial score (nSPS) is 16.8. The molecule has 2 aliphatic rings. The molecule has 0 aliphatic carbocycles. The zero-order chi connectivity index (χ0) is 20.3. The smallest absolute Gasteiger partial charge is 0.163 e. The largest absolute Gasteiger partial charge is 0.496 e. The predicted molar refractivity (Wildman–Crippen MR) is 119 cm³/mol. The zero-order valence-corrected chi connectivity index (χ0v) is 17.5. The molecule has 1 aromatic heterocycles. The summed E-state index contributed by atoms with van der Waals surface area (Å²) < 4.78 is 16.9. The highest BCUT2D eigenvalue weighted by Crippen LogP contribution is 2.34. The summed E-state index contributed by atoms with van der Waals surface area (Å²) in [5.74, 6) is 2.68. The van der Waals surface area contributed by atoms with E-state index in [4.69, 9.17) is 14.2 Å². The second-order valence-corrected chi connectivity index (χ2v) is 7.96. The fourth-order valence-corrected chi connectivity index (χ4v) is 4.54. The first kappa shape index (κ1) is 19.1. The van der Waals surface area contributed by atoms with E-state index in [0.29, 0.717) is 13.2 Å². The van der Waals surface area contributed by atoms with E-state index < -0.39 is 0 Å². The van der Waals surface area contributed by atoms with Crippen LogP contribution in [-0.2, 0) is 6.42 Å². The first-order valence-electron chi connectivity index (χ1n) is 10.8. The van der Waals surface area contributed by atoms with Crippen LogP contribution in [0.3, 0.4) is 0 Å². The number of ether oxygens (including phenoxy) is 3. The molecule has 3 aromatic rings. The van der Waals surface area contributed by atoms with Crippen molar-refractivity contribution in [3.63, 3.8) is 0 Å². The van der Waals surface area contributed by atoms with Crippen LogP contribution in [0.15, 0.2) is 42.6 Å². The van der Waals surface area contributed by atoms with Crippen LogP contribution < -0.4 is 19.1 Å². The highest BCUT2D eigenvalue weighted by Gasteiger charge is 2.20. The number of rotatable bonds is 6. The van der Waals surface area contributed by atoms with Crippen molar-refractivity contribution in [2.45, 2.75) is 12.8 Å². The Morgan fingerprint density at radius 2 is 1.83 bits per heavy atom. The number of fused-ring (bicyclic) bond motifs is 2. The van der Waals surface area contributed by atoms with Gasteiger partial charge in [-0.2, -0.15) is 0 Å². The third-order valence-corrected chi connectivity index (χ3v) is 6.15. The number of hydrogen-bond donors (Lipinski definition) is 1. The van der Waals surface area contributed by atoms with Crippen molar-refractivity contribution in [2.24, 2.45) is 0 Å². The summed E-state index contributed by atoms with van der Waals surface area (Å²) in [7, 11) is 1.74. The molecule has 2 aliphatic heterocycles. The van der Waals surface area contributed by atoms with Crippen LogP contribution in [0.5, 0.6) is 17.2 Å². The number of anilines is 1. The first-order chi connectivity index (χ1) is 14.8. The molecule has 3 heterocycles. The lowest BCUT2D eigenvalue weighted by atomic mass is 10.1. The molecule has 6 heteroatoms.